The van der Waals surface area contributed by atoms with Crippen LogP contribution < -0.4 is 24.0 Å². The van der Waals surface area contributed by atoms with Gasteiger partial charge in [-0.05, 0) is 25.7 Å². The predicted octanol–water partition coefficient (Wildman–Crippen LogP) is 0.991. The van der Waals surface area contributed by atoms with E-state index in [0.29, 0.717) is 0 Å². The average molecular weight is 359 g/mol. The molecule has 0 unspecified atom stereocenters. The highest BCUT2D eigenvalue weighted by atomic mass is 127. The van der Waals surface area contributed by atoms with E-state index in [1.54, 1.807) is 0 Å². The maximum Gasteiger partial charge on any atom is 0.104 e. The molecule has 0 amide bonds. The zero-order chi connectivity index (χ0) is 12.0. The van der Waals surface area contributed by atoms with Crippen LogP contribution in [0.5, 0.6) is 0 Å². The molecule has 102 valence electrons. The quantitative estimate of drug-likeness (QED) is 0.544. The second-order valence-corrected chi connectivity index (χ2v) is 5.57. The minimum atomic E-state index is 0. The molecule has 1 saturated heterocycles. The summed E-state index contributed by atoms with van der Waals surface area (Å²) in [6.07, 6.45) is 7.01. The summed E-state index contributed by atoms with van der Waals surface area (Å²) in [7, 11) is 0. The van der Waals surface area contributed by atoms with Crippen molar-refractivity contribution in [3.63, 3.8) is 0 Å². The Balaban J connectivity index is 0.00000162. The van der Waals surface area contributed by atoms with Crippen LogP contribution in [0.4, 0.5) is 0 Å². The van der Waals surface area contributed by atoms with Crippen LogP contribution in [0.3, 0.4) is 0 Å². The van der Waals surface area contributed by atoms with Gasteiger partial charge in [-0.2, -0.15) is 0 Å². The lowest BCUT2D eigenvalue weighted by atomic mass is 10.0. The highest BCUT2D eigenvalue weighted by molar-refractivity contribution is 5.13. The Kier molecular flexibility index (Phi) is 7.23. The molecule has 1 nitrogen and oxygen atoms in total. The van der Waals surface area contributed by atoms with E-state index in [1.807, 2.05) is 0 Å². The minimum Gasteiger partial charge on any atom is -1.00 e. The molecule has 0 aromatic heterocycles. The van der Waals surface area contributed by atoms with Crippen molar-refractivity contribution < 1.29 is 28.5 Å². The van der Waals surface area contributed by atoms with Crippen molar-refractivity contribution in [1.82, 2.24) is 0 Å². The molecule has 1 heterocycles. The van der Waals surface area contributed by atoms with Crippen molar-refractivity contribution in [3.8, 4) is 0 Å². The fraction of sp³-hybridized carbons (Fsp3) is 0.625. The Hall–Kier alpha value is -0.0900. The number of hydrogen-bond acceptors (Lipinski definition) is 0. The molecule has 0 aliphatic carbocycles. The van der Waals surface area contributed by atoms with Crippen molar-refractivity contribution in [2.45, 2.75) is 45.6 Å². The van der Waals surface area contributed by atoms with Crippen LogP contribution >= 0.6 is 0 Å². The lowest BCUT2D eigenvalue weighted by molar-refractivity contribution is -0.945. The third kappa shape index (κ3) is 4.54. The summed E-state index contributed by atoms with van der Waals surface area (Å²) in [6.45, 7) is 7.74. The number of unbranched alkanes of at least 4 members (excludes halogenated alkanes) is 1. The van der Waals surface area contributed by atoms with E-state index in [9.17, 15) is 0 Å². The van der Waals surface area contributed by atoms with E-state index in [-0.39, 0.29) is 24.0 Å². The number of rotatable bonds is 5. The van der Waals surface area contributed by atoms with Crippen LogP contribution in [0.15, 0.2) is 30.3 Å². The van der Waals surface area contributed by atoms with Gasteiger partial charge in [-0.15, -0.1) is 0 Å². The monoisotopic (exact) mass is 359 g/mol. The summed E-state index contributed by atoms with van der Waals surface area (Å²) in [5.41, 5.74) is 1.52. The van der Waals surface area contributed by atoms with Crippen molar-refractivity contribution in [3.05, 3.63) is 35.9 Å². The summed E-state index contributed by atoms with van der Waals surface area (Å²) < 4.78 is 1.35. The van der Waals surface area contributed by atoms with Gasteiger partial charge in [0.25, 0.3) is 0 Å². The molecule has 0 bridgehead atoms. The second kappa shape index (κ2) is 8.16. The van der Waals surface area contributed by atoms with Gasteiger partial charge in [-0.3, -0.25) is 0 Å². The molecule has 2 rings (SSSR count). The summed E-state index contributed by atoms with van der Waals surface area (Å²) in [5, 5.41) is 0. The average Bonchev–Trinajstić information content (AvgIpc) is 2.39. The van der Waals surface area contributed by atoms with Crippen molar-refractivity contribution in [2.75, 3.05) is 19.6 Å². The molecule has 2 heteroatoms. The molecule has 0 atom stereocenters. The first-order chi connectivity index (χ1) is 8.35. The number of likely N-dealkylation sites (tertiary alicyclic amines) is 1. The Morgan fingerprint density at radius 1 is 1.00 bits per heavy atom. The lowest BCUT2D eigenvalue weighted by Gasteiger charge is -2.42. The topological polar surface area (TPSA) is 0 Å². The molecule has 1 fully saturated rings. The number of nitrogens with zero attached hydrogens (tertiary/aromatic N) is 1. The molecular weight excluding hydrogens is 333 g/mol. The van der Waals surface area contributed by atoms with Crippen LogP contribution in [0.25, 0.3) is 0 Å². The highest BCUT2D eigenvalue weighted by Gasteiger charge is 2.29. The summed E-state index contributed by atoms with van der Waals surface area (Å²) in [4.78, 5) is 0. The zero-order valence-corrected chi connectivity index (χ0v) is 13.7. The normalized spacial score (nSPS) is 18.1. The fourth-order valence-electron chi connectivity index (χ4n) is 3.11. The van der Waals surface area contributed by atoms with Crippen LogP contribution in [0.1, 0.15) is 44.6 Å². The van der Waals surface area contributed by atoms with Crippen molar-refractivity contribution >= 4 is 0 Å². The summed E-state index contributed by atoms with van der Waals surface area (Å²) >= 11 is 0. The van der Waals surface area contributed by atoms with Crippen LogP contribution in [0.2, 0.25) is 0 Å². The Labute approximate surface area is 129 Å². The largest absolute Gasteiger partial charge is 1.00 e. The lowest BCUT2D eigenvalue weighted by Crippen LogP contribution is -3.00. The number of hydrogen-bond donors (Lipinski definition) is 0. The molecule has 1 aliphatic rings. The third-order valence-corrected chi connectivity index (χ3v) is 4.11. The second-order valence-electron chi connectivity index (χ2n) is 5.57. The van der Waals surface area contributed by atoms with Crippen LogP contribution in [-0.2, 0) is 6.54 Å². The van der Waals surface area contributed by atoms with E-state index in [4.69, 9.17) is 0 Å². The highest BCUT2D eigenvalue weighted by Crippen LogP contribution is 2.23. The molecule has 1 aromatic rings. The fourth-order valence-corrected chi connectivity index (χ4v) is 3.11. The van der Waals surface area contributed by atoms with E-state index in [2.05, 4.69) is 37.3 Å². The zero-order valence-electron chi connectivity index (χ0n) is 11.6. The number of halogens is 1. The first-order valence-corrected chi connectivity index (χ1v) is 7.24. The van der Waals surface area contributed by atoms with Gasteiger partial charge in [-0.1, -0.05) is 43.7 Å². The molecule has 1 aromatic carbocycles. The maximum atomic E-state index is 2.31. The van der Waals surface area contributed by atoms with Crippen LogP contribution in [-0.4, -0.2) is 24.1 Å². The first kappa shape index (κ1) is 16.0. The van der Waals surface area contributed by atoms with Crippen molar-refractivity contribution in [1.29, 1.82) is 0 Å². The molecule has 0 N–H and O–H groups in total. The SMILES string of the molecule is CCCC[N+]1(Cc2ccccc2)CCCCC1.[I-]. The predicted molar refractivity (Wildman–Crippen MR) is 73.8 cm³/mol. The van der Waals surface area contributed by atoms with Gasteiger partial charge < -0.3 is 28.5 Å². The standard InChI is InChI=1S/C16H26N.HI/c1-2-3-12-17(13-8-5-9-14-17)15-16-10-6-4-7-11-16;/h4,6-7,10-11H,2-3,5,8-9,12-15H2,1H3;1H/q+1;/p-1. The number of quaternary nitrogens is 1. The Bertz CT molecular complexity index is 317. The van der Waals surface area contributed by atoms with Gasteiger partial charge >= 0.3 is 0 Å². The molecule has 0 saturated carbocycles. The van der Waals surface area contributed by atoms with E-state index < -0.39 is 0 Å². The minimum absolute atomic E-state index is 0. The maximum absolute atomic E-state index is 2.31. The van der Waals surface area contributed by atoms with Crippen molar-refractivity contribution in [2.24, 2.45) is 0 Å². The van der Waals surface area contributed by atoms with Gasteiger partial charge in [0.15, 0.2) is 0 Å². The smallest absolute Gasteiger partial charge is 0.104 e. The van der Waals surface area contributed by atoms with E-state index in [0.717, 1.165) is 0 Å². The Morgan fingerprint density at radius 2 is 1.67 bits per heavy atom. The van der Waals surface area contributed by atoms with Gasteiger partial charge in [0.2, 0.25) is 0 Å². The van der Waals surface area contributed by atoms with E-state index >= 15 is 0 Å². The first-order valence-electron chi connectivity index (χ1n) is 7.24. The molecule has 1 aliphatic heterocycles. The van der Waals surface area contributed by atoms with Crippen LogP contribution in [0, 0.1) is 0 Å². The molecule has 18 heavy (non-hydrogen) atoms. The van der Waals surface area contributed by atoms with Gasteiger partial charge in [0, 0.05) is 5.56 Å². The van der Waals surface area contributed by atoms with Gasteiger partial charge in [0.1, 0.15) is 6.54 Å². The molecule has 0 spiro atoms. The summed E-state index contributed by atoms with van der Waals surface area (Å²) in [5.74, 6) is 0. The molecule has 0 radical (unpaired) electrons. The number of piperidine rings is 1. The van der Waals surface area contributed by atoms with Gasteiger partial charge in [0.05, 0.1) is 19.6 Å². The van der Waals surface area contributed by atoms with E-state index in [1.165, 1.54) is 68.3 Å². The Morgan fingerprint density at radius 3 is 2.28 bits per heavy atom. The van der Waals surface area contributed by atoms with Gasteiger partial charge in [-0.25, -0.2) is 0 Å². The molecular formula is C16H26IN. The summed E-state index contributed by atoms with van der Waals surface area (Å²) in [6, 6.07) is 11.1. The number of benzene rings is 1. The third-order valence-electron chi connectivity index (χ3n) is 4.11.